The molecule has 0 radical (unpaired) electrons. The maximum Gasteiger partial charge on any atom is 0.248 e. The lowest BCUT2D eigenvalue weighted by Crippen LogP contribution is -2.12. The van der Waals surface area contributed by atoms with E-state index in [4.69, 9.17) is 27.8 Å². The molecule has 0 saturated carbocycles. The molecule has 2 aromatic carbocycles. The van der Waals surface area contributed by atoms with Crippen LogP contribution in [0.3, 0.4) is 0 Å². The third kappa shape index (κ3) is 3.65. The topological polar surface area (TPSA) is 78.3 Å². The maximum atomic E-state index is 13.4. The molecular weight excluding hydrogens is 363 g/mol. The lowest BCUT2D eigenvalue weighted by atomic mass is 10.1. The number of carbonyl (C=O) groups excluding carboxylic acids is 1. The van der Waals surface area contributed by atoms with Crippen LogP contribution in [0, 0.1) is 5.82 Å². The Balaban J connectivity index is 2.17. The molecule has 0 aliphatic heterocycles. The van der Waals surface area contributed by atoms with Gasteiger partial charge in [-0.3, -0.25) is 4.79 Å². The summed E-state index contributed by atoms with van der Waals surface area (Å²) in [7, 11) is 0. The van der Waals surface area contributed by atoms with Crippen LogP contribution in [0.5, 0.6) is 5.75 Å². The Morgan fingerprint density at radius 3 is 2.67 bits per heavy atom. The smallest absolute Gasteiger partial charge is 0.248 e. The van der Waals surface area contributed by atoms with E-state index in [-0.39, 0.29) is 11.6 Å². The molecule has 0 atom stereocenters. The number of rotatable bonds is 4. The summed E-state index contributed by atoms with van der Waals surface area (Å²) >= 11 is 8.89. The fourth-order valence-electron chi connectivity index (χ4n) is 1.65. The lowest BCUT2D eigenvalue weighted by Gasteiger charge is -2.11. The quantitative estimate of drug-likeness (QED) is 0.636. The number of anilines is 1. The summed E-state index contributed by atoms with van der Waals surface area (Å²) in [5.74, 6) is -0.834. The fourth-order valence-corrected chi connectivity index (χ4v) is 2.40. The number of benzene rings is 2. The van der Waals surface area contributed by atoms with Crippen molar-refractivity contribution in [1.82, 2.24) is 0 Å². The molecule has 0 saturated heterocycles. The van der Waals surface area contributed by atoms with Gasteiger partial charge in [-0.25, -0.2) is 4.39 Å². The van der Waals surface area contributed by atoms with E-state index in [0.717, 1.165) is 0 Å². The summed E-state index contributed by atoms with van der Waals surface area (Å²) in [4.78, 5) is 11.0. The third-order valence-electron chi connectivity index (χ3n) is 2.79. The Hall–Kier alpha value is -1.79. The first-order chi connectivity index (χ1) is 9.88. The Bertz CT molecular complexity index is 710. The van der Waals surface area contributed by atoms with Gasteiger partial charge >= 0.3 is 0 Å². The third-order valence-corrected chi connectivity index (χ3v) is 3.70. The molecular formula is C14H11BrClFN2O2. The average molecular weight is 374 g/mol. The number of nitrogen functional groups attached to an aromatic ring is 1. The van der Waals surface area contributed by atoms with Gasteiger partial charge in [0.25, 0.3) is 0 Å². The number of hydrogen-bond donors (Lipinski definition) is 2. The van der Waals surface area contributed by atoms with Gasteiger partial charge in [0.1, 0.15) is 18.2 Å². The number of nitrogens with two attached hydrogens (primary N) is 2. The van der Waals surface area contributed by atoms with Crippen LogP contribution in [0.4, 0.5) is 10.1 Å². The predicted molar refractivity (Wildman–Crippen MR) is 82.8 cm³/mol. The summed E-state index contributed by atoms with van der Waals surface area (Å²) < 4.78 is 19.4. The van der Waals surface area contributed by atoms with Gasteiger partial charge in [0.2, 0.25) is 5.91 Å². The van der Waals surface area contributed by atoms with Gasteiger partial charge in [0, 0.05) is 22.9 Å². The summed E-state index contributed by atoms with van der Waals surface area (Å²) in [5, 5.41) is -0.000417. The highest BCUT2D eigenvalue weighted by Gasteiger charge is 2.10. The van der Waals surface area contributed by atoms with Gasteiger partial charge in [0.15, 0.2) is 0 Å². The van der Waals surface area contributed by atoms with Crippen LogP contribution in [0.25, 0.3) is 0 Å². The van der Waals surface area contributed by atoms with Crippen molar-refractivity contribution in [2.75, 3.05) is 5.73 Å². The monoisotopic (exact) mass is 372 g/mol. The number of primary amides is 1. The lowest BCUT2D eigenvalue weighted by molar-refractivity contribution is 0.100. The number of halogens is 3. The summed E-state index contributed by atoms with van der Waals surface area (Å²) in [6.07, 6.45) is 0. The van der Waals surface area contributed by atoms with E-state index in [1.165, 1.54) is 18.2 Å². The second kappa shape index (κ2) is 6.32. The molecule has 4 nitrogen and oxygen atoms in total. The highest BCUT2D eigenvalue weighted by molar-refractivity contribution is 9.10. The Morgan fingerprint density at radius 1 is 1.33 bits per heavy atom. The molecule has 2 aromatic rings. The molecule has 1 amide bonds. The first kappa shape index (κ1) is 15.6. The van der Waals surface area contributed by atoms with Crippen molar-refractivity contribution >= 4 is 39.1 Å². The second-order valence-corrected chi connectivity index (χ2v) is 5.52. The zero-order valence-electron chi connectivity index (χ0n) is 10.7. The maximum absolute atomic E-state index is 13.4. The standard InChI is InChI=1S/C14H11BrClFN2O2/c15-9-4-10(16)11(17)5-13(9)21-6-8-2-1-7(14(19)20)3-12(8)18/h1-5H,6,18H2,(H2,19,20). The van der Waals surface area contributed by atoms with Crippen molar-refractivity contribution < 1.29 is 13.9 Å². The fraction of sp³-hybridized carbons (Fsp3) is 0.0714. The van der Waals surface area contributed by atoms with E-state index in [1.54, 1.807) is 12.1 Å². The summed E-state index contributed by atoms with van der Waals surface area (Å²) in [6, 6.07) is 7.25. The molecule has 0 aliphatic rings. The molecule has 0 aliphatic carbocycles. The van der Waals surface area contributed by atoms with Gasteiger partial charge in [-0.1, -0.05) is 17.7 Å². The van der Waals surface area contributed by atoms with E-state index >= 15 is 0 Å². The summed E-state index contributed by atoms with van der Waals surface area (Å²) in [5.41, 5.74) is 12.3. The van der Waals surface area contributed by atoms with E-state index in [2.05, 4.69) is 15.9 Å². The molecule has 0 spiro atoms. The van der Waals surface area contributed by atoms with Crippen LogP contribution >= 0.6 is 27.5 Å². The van der Waals surface area contributed by atoms with Crippen LogP contribution in [0.1, 0.15) is 15.9 Å². The van der Waals surface area contributed by atoms with Crippen LogP contribution in [0.15, 0.2) is 34.8 Å². The van der Waals surface area contributed by atoms with Gasteiger partial charge in [-0.05, 0) is 34.1 Å². The second-order valence-electron chi connectivity index (χ2n) is 4.26. The van der Waals surface area contributed by atoms with E-state index in [0.29, 0.717) is 27.0 Å². The predicted octanol–water partition coefficient (Wildman–Crippen LogP) is 3.50. The zero-order chi connectivity index (χ0) is 15.6. The minimum Gasteiger partial charge on any atom is -0.488 e. The summed E-state index contributed by atoms with van der Waals surface area (Å²) in [6.45, 7) is 0.116. The van der Waals surface area contributed by atoms with E-state index in [1.807, 2.05) is 0 Å². The van der Waals surface area contributed by atoms with Crippen LogP contribution in [-0.2, 0) is 6.61 Å². The van der Waals surface area contributed by atoms with Crippen LogP contribution in [0.2, 0.25) is 5.02 Å². The number of ether oxygens (including phenoxy) is 1. The van der Waals surface area contributed by atoms with Crippen LogP contribution in [-0.4, -0.2) is 5.91 Å². The molecule has 4 N–H and O–H groups in total. The number of carbonyl (C=O) groups is 1. The van der Waals surface area contributed by atoms with Gasteiger partial charge < -0.3 is 16.2 Å². The molecule has 0 bridgehead atoms. The Morgan fingerprint density at radius 2 is 2.05 bits per heavy atom. The van der Waals surface area contributed by atoms with Crippen LogP contribution < -0.4 is 16.2 Å². The molecule has 0 unspecified atom stereocenters. The average Bonchev–Trinajstić information content (AvgIpc) is 2.42. The molecule has 110 valence electrons. The van der Waals surface area contributed by atoms with Gasteiger partial charge in [-0.2, -0.15) is 0 Å². The first-order valence-corrected chi connectivity index (χ1v) is 7.01. The number of hydrogen-bond acceptors (Lipinski definition) is 3. The largest absolute Gasteiger partial charge is 0.488 e. The molecule has 0 aromatic heterocycles. The SMILES string of the molecule is NC(=O)c1ccc(COc2cc(F)c(Cl)cc2Br)c(N)c1. The van der Waals surface area contributed by atoms with Crippen molar-refractivity contribution in [3.63, 3.8) is 0 Å². The van der Waals surface area contributed by atoms with Crippen molar-refractivity contribution in [2.45, 2.75) is 6.61 Å². The van der Waals surface area contributed by atoms with Crippen molar-refractivity contribution in [2.24, 2.45) is 5.73 Å². The minimum atomic E-state index is -0.577. The Labute approximate surface area is 134 Å². The first-order valence-electron chi connectivity index (χ1n) is 5.84. The van der Waals surface area contributed by atoms with Gasteiger partial charge in [-0.15, -0.1) is 0 Å². The van der Waals surface area contributed by atoms with Crippen molar-refractivity contribution in [3.8, 4) is 5.75 Å². The highest BCUT2D eigenvalue weighted by atomic mass is 79.9. The number of amides is 1. The molecule has 2 rings (SSSR count). The van der Waals surface area contributed by atoms with E-state index in [9.17, 15) is 9.18 Å². The minimum absolute atomic E-state index is 0.000417. The normalized spacial score (nSPS) is 10.4. The molecule has 0 fully saturated rings. The van der Waals surface area contributed by atoms with Crippen molar-refractivity contribution in [3.05, 3.63) is 56.8 Å². The van der Waals surface area contributed by atoms with E-state index < -0.39 is 11.7 Å². The molecule has 21 heavy (non-hydrogen) atoms. The highest BCUT2D eigenvalue weighted by Crippen LogP contribution is 2.31. The van der Waals surface area contributed by atoms with Gasteiger partial charge in [0.05, 0.1) is 9.50 Å². The zero-order valence-corrected chi connectivity index (χ0v) is 13.0. The van der Waals surface area contributed by atoms with Crippen molar-refractivity contribution in [1.29, 1.82) is 0 Å². The Kier molecular flexibility index (Phi) is 4.69. The molecule has 0 heterocycles. The molecule has 7 heteroatoms.